The molecular formula is C80H109N9O23S. The molecule has 0 aromatic heterocycles. The van der Waals surface area contributed by atoms with Crippen LogP contribution < -0.4 is 35.5 Å². The Morgan fingerprint density at radius 1 is 0.655 bits per heavy atom. The summed E-state index contributed by atoms with van der Waals surface area (Å²) in [5.41, 5.74) is -0.0181. The van der Waals surface area contributed by atoms with Crippen LogP contribution in [0.25, 0.3) is 0 Å². The average molecular weight is 1600 g/mol. The minimum atomic E-state index is -1.62. The highest BCUT2D eigenvalue weighted by Gasteiger charge is 2.46. The molecule has 0 spiro atoms. The zero-order valence-corrected chi connectivity index (χ0v) is 66.6. The number of methoxy groups -OCH3 is 2. The molecule has 618 valence electrons. The van der Waals surface area contributed by atoms with Crippen molar-refractivity contribution in [2.24, 2.45) is 5.41 Å². The molecule has 9 amide bonds. The third-order valence-corrected chi connectivity index (χ3v) is 21.9. The van der Waals surface area contributed by atoms with E-state index in [4.69, 9.17) is 47.4 Å². The van der Waals surface area contributed by atoms with Crippen molar-refractivity contribution in [2.45, 2.75) is 164 Å². The van der Waals surface area contributed by atoms with Crippen molar-refractivity contribution in [1.29, 1.82) is 0 Å². The maximum atomic E-state index is 15.2. The Morgan fingerprint density at radius 2 is 1.35 bits per heavy atom. The first kappa shape index (κ1) is 88.7. The van der Waals surface area contributed by atoms with E-state index in [1.54, 1.807) is 66.7 Å². The first-order chi connectivity index (χ1) is 54.3. The molecule has 4 N–H and O–H groups in total. The van der Waals surface area contributed by atoms with Gasteiger partial charge in [-0.1, -0.05) is 61.0 Å². The number of esters is 4. The number of rotatable bonds is 28. The number of ether oxygens (including phenoxy) is 10. The summed E-state index contributed by atoms with van der Waals surface area (Å²) in [5, 5.41) is 11.9. The van der Waals surface area contributed by atoms with E-state index in [1.165, 1.54) is 76.9 Å². The molecule has 9 atom stereocenters. The summed E-state index contributed by atoms with van der Waals surface area (Å²) < 4.78 is 56.5. The second kappa shape index (κ2) is 44.6. The van der Waals surface area contributed by atoms with Crippen molar-refractivity contribution in [2.75, 3.05) is 133 Å². The first-order valence-corrected chi connectivity index (χ1v) is 39.6. The SMILES string of the molecule is COc1ccc(CC[C@H]2OC(=O)[C@@H]3CCCCN3C(=O)C(=O)C(C)(C)COC(=O)C=CCCN(C)C(=O)[C@@H]3CCCN3C(=O)[C@H](COC(=O)CCC(=O)OCCOCCOCCOCCNC(=O)CCCCC3SC[C@H]4NC(=O)N[C@@H]34)N(C)C(=O)C(c3ccccc3)NC(=O)[C@H](C)N(C)C(=O)COc3cccc2c3)cc1OC. The molecule has 32 nitrogen and oxygen atoms in total. The quantitative estimate of drug-likeness (QED) is 0.0255. The summed E-state index contributed by atoms with van der Waals surface area (Å²) in [6, 6.07) is 13.6. The molecule has 2 unspecified atom stereocenters. The van der Waals surface area contributed by atoms with E-state index in [0.717, 1.165) is 46.5 Å². The number of Topliss-reactive ketones (excluding diaryl/α,β-unsaturated/α-hetero) is 1. The van der Waals surface area contributed by atoms with Crippen LogP contribution in [0.4, 0.5) is 4.79 Å². The summed E-state index contributed by atoms with van der Waals surface area (Å²) in [7, 11) is 7.18. The van der Waals surface area contributed by atoms with Gasteiger partial charge in [0.2, 0.25) is 35.3 Å². The highest BCUT2D eigenvalue weighted by Crippen LogP contribution is 2.36. The lowest BCUT2D eigenvalue weighted by molar-refractivity contribution is -0.165. The molecule has 113 heavy (non-hydrogen) atoms. The summed E-state index contributed by atoms with van der Waals surface area (Å²) in [4.78, 5) is 186. The zero-order valence-electron chi connectivity index (χ0n) is 65.8. The van der Waals surface area contributed by atoms with Crippen LogP contribution in [0.15, 0.2) is 84.9 Å². The molecule has 4 fully saturated rings. The zero-order chi connectivity index (χ0) is 81.6. The lowest BCUT2D eigenvalue weighted by Crippen LogP contribution is -2.57. The molecule has 33 heteroatoms. The number of fused-ring (bicyclic) bond motifs is 5. The number of piperidine rings is 1. The smallest absolute Gasteiger partial charge is 0.330 e. The summed E-state index contributed by atoms with van der Waals surface area (Å²) in [5.74, 6) is -6.73. The first-order valence-electron chi connectivity index (χ1n) is 38.5. The number of hydrogen-bond acceptors (Lipinski definition) is 24. The Balaban J connectivity index is 0.890. The van der Waals surface area contributed by atoms with Crippen LogP contribution in [0, 0.1) is 5.41 Å². The number of hydrogen-bond donors (Lipinski definition) is 4. The second-order valence-corrected chi connectivity index (χ2v) is 30.2. The van der Waals surface area contributed by atoms with Crippen LogP contribution >= 0.6 is 11.8 Å². The number of ketones is 1. The summed E-state index contributed by atoms with van der Waals surface area (Å²) in [6.45, 7) is 4.18. The van der Waals surface area contributed by atoms with E-state index in [1.807, 2.05) is 17.8 Å². The second-order valence-electron chi connectivity index (χ2n) is 28.9. The van der Waals surface area contributed by atoms with Gasteiger partial charge in [0.1, 0.15) is 61.9 Å². The van der Waals surface area contributed by atoms with Crippen molar-refractivity contribution in [1.82, 2.24) is 45.8 Å². The minimum Gasteiger partial charge on any atom is -0.493 e. The molecule has 0 aliphatic carbocycles. The lowest BCUT2D eigenvalue weighted by atomic mass is 9.87. The number of carbonyl (C=O) groups is 13. The fourth-order valence-electron chi connectivity index (χ4n) is 13.6. The number of amides is 9. The third-order valence-electron chi connectivity index (χ3n) is 20.4. The van der Waals surface area contributed by atoms with Crippen LogP contribution in [0.1, 0.15) is 133 Å². The third kappa shape index (κ3) is 26.4. The lowest BCUT2D eigenvalue weighted by Gasteiger charge is -2.36. The topological polar surface area (TPSA) is 379 Å². The van der Waals surface area contributed by atoms with Crippen LogP contribution in [-0.4, -0.2) is 276 Å². The van der Waals surface area contributed by atoms with Crippen LogP contribution in [0.2, 0.25) is 0 Å². The van der Waals surface area contributed by atoms with Gasteiger partial charge in [-0.2, -0.15) is 11.8 Å². The Kier molecular flexibility index (Phi) is 35.0. The molecule has 4 saturated heterocycles. The van der Waals surface area contributed by atoms with Crippen molar-refractivity contribution < 1.29 is 110 Å². The van der Waals surface area contributed by atoms with Gasteiger partial charge in [0.15, 0.2) is 18.1 Å². The Bertz CT molecular complexity index is 3810. The summed E-state index contributed by atoms with van der Waals surface area (Å²) >= 11 is 1.85. The number of nitrogens with zero attached hydrogens (tertiary/aromatic N) is 5. The van der Waals surface area contributed by atoms with Crippen molar-refractivity contribution >= 4 is 88.8 Å². The Hall–Kier alpha value is -9.86. The Morgan fingerprint density at radius 3 is 2.08 bits per heavy atom. The minimum absolute atomic E-state index is 0.0197. The normalized spacial score (nSPS) is 23.3. The van der Waals surface area contributed by atoms with Gasteiger partial charge in [0.05, 0.1) is 84.2 Å². The highest BCUT2D eigenvalue weighted by molar-refractivity contribution is 8.00. The van der Waals surface area contributed by atoms with Gasteiger partial charge in [-0.25, -0.2) is 14.4 Å². The van der Waals surface area contributed by atoms with E-state index >= 15 is 9.59 Å². The van der Waals surface area contributed by atoms with Gasteiger partial charge in [-0.05, 0) is 126 Å². The van der Waals surface area contributed by atoms with Gasteiger partial charge in [-0.3, -0.25) is 47.9 Å². The molecule has 2 bridgehead atoms. The van der Waals surface area contributed by atoms with Gasteiger partial charge in [0, 0.05) is 70.8 Å². The van der Waals surface area contributed by atoms with Gasteiger partial charge < -0.3 is 93.1 Å². The maximum absolute atomic E-state index is 15.2. The van der Waals surface area contributed by atoms with Crippen LogP contribution in [0.3, 0.4) is 0 Å². The number of cyclic esters (lactones) is 2. The van der Waals surface area contributed by atoms with Gasteiger partial charge >= 0.3 is 29.9 Å². The van der Waals surface area contributed by atoms with Crippen molar-refractivity contribution in [3.8, 4) is 17.2 Å². The number of urea groups is 1. The van der Waals surface area contributed by atoms with E-state index in [0.29, 0.717) is 74.2 Å². The van der Waals surface area contributed by atoms with Crippen LogP contribution in [-0.2, 0) is 97.1 Å². The molecular weight excluding hydrogens is 1490 g/mol. The van der Waals surface area contributed by atoms with E-state index in [9.17, 15) is 52.7 Å². The number of carbonyl (C=O) groups excluding carboxylic acids is 13. The monoisotopic (exact) mass is 1600 g/mol. The number of thioether (sulfide) groups is 1. The average Bonchev–Trinajstić information content (AvgIpc) is 1.45. The van der Waals surface area contributed by atoms with Crippen LogP contribution in [0.5, 0.6) is 17.2 Å². The number of benzene rings is 3. The van der Waals surface area contributed by atoms with Gasteiger partial charge in [-0.15, -0.1) is 0 Å². The number of unbranched alkanes of at least 4 members (excludes halogenated alkanes) is 1. The maximum Gasteiger partial charge on any atom is 0.330 e. The molecule has 5 aliphatic rings. The number of likely N-dealkylation sites (N-methyl/N-ethyl adjacent to an activating group) is 3. The van der Waals surface area contributed by atoms with Crippen molar-refractivity contribution in [3.05, 3.63) is 102 Å². The predicted molar refractivity (Wildman–Crippen MR) is 411 cm³/mol. The Labute approximate surface area is 663 Å². The van der Waals surface area contributed by atoms with E-state index in [2.05, 4.69) is 21.3 Å². The summed E-state index contributed by atoms with van der Waals surface area (Å²) in [6.07, 6.45) is 6.15. The molecule has 5 aliphatic heterocycles. The molecule has 3 aromatic rings. The van der Waals surface area contributed by atoms with E-state index < -0.39 is 139 Å². The molecule has 8 rings (SSSR count). The predicted octanol–water partition coefficient (Wildman–Crippen LogP) is 4.52. The number of nitrogens with one attached hydrogen (secondary N) is 4. The molecule has 0 saturated carbocycles. The standard InChI is InChI=1S/C80H109N9O23S/c1-52-73(96)83-70(54-20-10-9-11-21-54)76(99)87(6)60(48-110-69(94)34-33-68(93)108-45-44-107-43-42-106-41-40-105-39-35-81-65(90)27-13-12-26-64-71-57(50-113-64)82-79(102)84-71)75(98)88-38-19-25-58(88)74(97)85(4)36-16-15-28-67(92)111-51-80(2,3)72(95)77(100)89-37-17-14-24-59(89)78(101)112-61(31-29-53-30-32-62(103-7)63(46-53)104-8)55-22-18-23-56(47-55)109-49-66(91)86(52)5/h9-11,15,18,20-23,28,30,32,46-47,52,57-61,64,70-71H,12-14,16-17,19,24-27,29,31,33-45,48-51H2,1-8H3,(H,81,90)(H,83,96)(H2,82,84,102)/t52-,57+,58-,59-,60-,61+,64?,70?,71+/m0/s1. The number of aryl methyl sites for hydroxylation is 1. The molecule has 5 heterocycles. The highest BCUT2D eigenvalue weighted by atomic mass is 32.2. The van der Waals surface area contributed by atoms with Gasteiger partial charge in [0.25, 0.3) is 11.8 Å². The fraction of sp³-hybridized carbons (Fsp3) is 0.588. The van der Waals surface area contributed by atoms with Crippen molar-refractivity contribution in [3.63, 3.8) is 0 Å². The molecule has 3 aromatic carbocycles. The fourth-order valence-corrected chi connectivity index (χ4v) is 15.1. The van der Waals surface area contributed by atoms with E-state index in [-0.39, 0.29) is 114 Å². The molecule has 0 radical (unpaired) electrons. The largest absolute Gasteiger partial charge is 0.493 e.